The van der Waals surface area contributed by atoms with Crippen LogP contribution in [-0.4, -0.2) is 64.4 Å². The van der Waals surface area contributed by atoms with Crippen molar-refractivity contribution < 1.29 is 19.2 Å². The fraction of sp³-hybridized carbons (Fsp3) is 0.500. The molecule has 4 amide bonds. The summed E-state index contributed by atoms with van der Waals surface area (Å²) < 4.78 is 0. The molecular formula is C20H24N4O4S. The number of rotatable bonds is 4. The Balaban J connectivity index is 1.37. The Morgan fingerprint density at radius 1 is 1.21 bits per heavy atom. The number of carbonyl (C=O) groups excluding carboxylic acids is 4. The van der Waals surface area contributed by atoms with Crippen LogP contribution in [0.3, 0.4) is 0 Å². The Labute approximate surface area is 173 Å². The molecular weight excluding hydrogens is 392 g/mol. The minimum Gasteiger partial charge on any atom is -0.369 e. The maximum atomic E-state index is 12.9. The summed E-state index contributed by atoms with van der Waals surface area (Å²) in [5, 5.41) is 2.64. The van der Waals surface area contributed by atoms with E-state index in [1.54, 1.807) is 34.6 Å². The topological polar surface area (TPSA) is 113 Å². The van der Waals surface area contributed by atoms with Gasteiger partial charge in [-0.25, -0.2) is 0 Å². The van der Waals surface area contributed by atoms with Crippen LogP contribution in [0.5, 0.6) is 0 Å². The number of hydrogen-bond acceptors (Lipinski definition) is 5. The van der Waals surface area contributed by atoms with E-state index in [-0.39, 0.29) is 34.9 Å². The van der Waals surface area contributed by atoms with Crippen molar-refractivity contribution >= 4 is 35.4 Å². The van der Waals surface area contributed by atoms with Crippen LogP contribution in [-0.2, 0) is 14.4 Å². The summed E-state index contributed by atoms with van der Waals surface area (Å²) in [5.74, 6) is -0.652. The van der Waals surface area contributed by atoms with Crippen LogP contribution in [0.25, 0.3) is 0 Å². The van der Waals surface area contributed by atoms with Gasteiger partial charge in [0.05, 0.1) is 0 Å². The predicted molar refractivity (Wildman–Crippen MR) is 108 cm³/mol. The highest BCUT2D eigenvalue weighted by Crippen LogP contribution is 2.48. The number of fused-ring (bicyclic) bond motifs is 3. The number of nitrogens with zero attached hydrogens (tertiary/aromatic N) is 2. The first-order valence-corrected chi connectivity index (χ1v) is 10.8. The molecule has 3 atom stereocenters. The first-order valence-electron chi connectivity index (χ1n) is 9.80. The zero-order valence-corrected chi connectivity index (χ0v) is 17.0. The van der Waals surface area contributed by atoms with Crippen molar-refractivity contribution in [1.29, 1.82) is 0 Å². The molecule has 9 heteroatoms. The van der Waals surface area contributed by atoms with Crippen molar-refractivity contribution in [2.75, 3.05) is 18.8 Å². The molecule has 3 aliphatic heterocycles. The fourth-order valence-corrected chi connectivity index (χ4v) is 5.74. The molecule has 0 saturated carbocycles. The lowest BCUT2D eigenvalue weighted by molar-refractivity contribution is -0.139. The number of amides is 4. The molecule has 3 aliphatic rings. The summed E-state index contributed by atoms with van der Waals surface area (Å²) in [4.78, 5) is 52.9. The molecule has 3 heterocycles. The standard InChI is InChI=1S/C20H24N4O4S/c1-11(18(27)23-8-6-12(7-9-23)16(21)25)22-17(26)15-10-29-20-14-5-3-2-4-13(14)19(28)24(15)20/h2-5,11-12,15,20H,6-10H2,1H3,(H2,21,25)(H,22,26). The van der Waals surface area contributed by atoms with E-state index in [1.165, 1.54) is 0 Å². The van der Waals surface area contributed by atoms with Crippen LogP contribution >= 0.6 is 11.8 Å². The highest BCUT2D eigenvalue weighted by molar-refractivity contribution is 7.99. The SMILES string of the molecule is CC(NC(=O)C1CSC2c3ccccc3C(=O)N12)C(=O)N1CCC(C(N)=O)CC1. The van der Waals surface area contributed by atoms with Gasteiger partial charge in [0.15, 0.2) is 0 Å². The third-order valence-electron chi connectivity index (χ3n) is 5.93. The average molecular weight is 417 g/mol. The number of thioether (sulfide) groups is 1. The second-order valence-corrected chi connectivity index (χ2v) is 8.85. The smallest absolute Gasteiger partial charge is 0.256 e. The number of benzene rings is 1. The Morgan fingerprint density at radius 3 is 2.59 bits per heavy atom. The maximum absolute atomic E-state index is 12.9. The van der Waals surface area contributed by atoms with E-state index in [9.17, 15) is 19.2 Å². The Kier molecular flexibility index (Phi) is 5.24. The van der Waals surface area contributed by atoms with Gasteiger partial charge in [0, 0.05) is 30.3 Å². The summed E-state index contributed by atoms with van der Waals surface area (Å²) in [6.07, 6.45) is 1.09. The van der Waals surface area contributed by atoms with Crippen molar-refractivity contribution in [3.05, 3.63) is 35.4 Å². The number of primary amides is 1. The van der Waals surface area contributed by atoms with Crippen LogP contribution in [0, 0.1) is 5.92 Å². The Morgan fingerprint density at radius 2 is 1.90 bits per heavy atom. The second kappa shape index (κ2) is 7.70. The predicted octanol–water partition coefficient (Wildman–Crippen LogP) is 0.485. The van der Waals surface area contributed by atoms with Gasteiger partial charge < -0.3 is 20.9 Å². The molecule has 0 radical (unpaired) electrons. The molecule has 0 aliphatic carbocycles. The van der Waals surface area contributed by atoms with Gasteiger partial charge in [-0.05, 0) is 31.4 Å². The van der Waals surface area contributed by atoms with E-state index in [0.29, 0.717) is 37.2 Å². The molecule has 3 unspecified atom stereocenters. The number of nitrogens with one attached hydrogen (secondary N) is 1. The largest absolute Gasteiger partial charge is 0.369 e. The molecule has 0 spiro atoms. The van der Waals surface area contributed by atoms with Crippen molar-refractivity contribution in [3.63, 3.8) is 0 Å². The molecule has 2 fully saturated rings. The Hall–Kier alpha value is -2.55. The number of hydrogen-bond donors (Lipinski definition) is 2. The quantitative estimate of drug-likeness (QED) is 0.742. The molecule has 8 nitrogen and oxygen atoms in total. The van der Waals surface area contributed by atoms with Gasteiger partial charge >= 0.3 is 0 Å². The highest BCUT2D eigenvalue weighted by atomic mass is 32.2. The molecule has 0 aromatic heterocycles. The third-order valence-corrected chi connectivity index (χ3v) is 7.24. The van der Waals surface area contributed by atoms with Gasteiger partial charge in [0.1, 0.15) is 17.5 Å². The van der Waals surface area contributed by atoms with E-state index >= 15 is 0 Å². The zero-order chi connectivity index (χ0) is 20.7. The van der Waals surface area contributed by atoms with Gasteiger partial charge in [-0.1, -0.05) is 18.2 Å². The molecule has 0 bridgehead atoms. The minimum atomic E-state index is -0.697. The van der Waals surface area contributed by atoms with Gasteiger partial charge in [-0.2, -0.15) is 0 Å². The van der Waals surface area contributed by atoms with Crippen molar-refractivity contribution in [2.45, 2.75) is 37.2 Å². The first-order chi connectivity index (χ1) is 13.9. The summed E-state index contributed by atoms with van der Waals surface area (Å²) in [6, 6.07) is 6.13. The van der Waals surface area contributed by atoms with Crippen LogP contribution in [0.2, 0.25) is 0 Å². The lowest BCUT2D eigenvalue weighted by Gasteiger charge is -2.33. The summed E-state index contributed by atoms with van der Waals surface area (Å²) >= 11 is 1.57. The monoisotopic (exact) mass is 416 g/mol. The summed E-state index contributed by atoms with van der Waals surface area (Å²) in [6.45, 7) is 2.56. The van der Waals surface area contributed by atoms with Crippen LogP contribution in [0.15, 0.2) is 24.3 Å². The zero-order valence-electron chi connectivity index (χ0n) is 16.2. The first kappa shape index (κ1) is 19.8. The lowest BCUT2D eigenvalue weighted by atomic mass is 9.96. The van der Waals surface area contributed by atoms with E-state index in [1.807, 2.05) is 18.2 Å². The van der Waals surface area contributed by atoms with E-state index in [2.05, 4.69) is 5.32 Å². The van der Waals surface area contributed by atoms with Gasteiger partial charge in [-0.3, -0.25) is 19.2 Å². The number of nitrogens with two attached hydrogens (primary N) is 1. The number of likely N-dealkylation sites (tertiary alicyclic amines) is 1. The fourth-order valence-electron chi connectivity index (χ4n) is 4.27. The van der Waals surface area contributed by atoms with Crippen molar-refractivity contribution in [2.24, 2.45) is 11.7 Å². The number of piperidine rings is 1. The van der Waals surface area contributed by atoms with Crippen LogP contribution in [0.4, 0.5) is 0 Å². The van der Waals surface area contributed by atoms with E-state index in [4.69, 9.17) is 5.73 Å². The normalized spacial score (nSPS) is 24.8. The third kappa shape index (κ3) is 3.48. The molecule has 1 aromatic rings. The minimum absolute atomic E-state index is 0.136. The second-order valence-electron chi connectivity index (χ2n) is 7.73. The van der Waals surface area contributed by atoms with E-state index < -0.39 is 12.1 Å². The van der Waals surface area contributed by atoms with Gasteiger partial charge in [0.2, 0.25) is 17.7 Å². The Bertz CT molecular complexity index is 868. The molecule has 29 heavy (non-hydrogen) atoms. The highest BCUT2D eigenvalue weighted by Gasteiger charge is 2.48. The van der Waals surface area contributed by atoms with E-state index in [0.717, 1.165) is 5.56 Å². The molecule has 3 N–H and O–H groups in total. The molecule has 2 saturated heterocycles. The average Bonchev–Trinajstić information content (AvgIpc) is 3.28. The number of carbonyl (C=O) groups is 4. The summed E-state index contributed by atoms with van der Waals surface area (Å²) in [5.41, 5.74) is 6.92. The van der Waals surface area contributed by atoms with Crippen LogP contribution < -0.4 is 11.1 Å². The molecule has 1 aromatic carbocycles. The van der Waals surface area contributed by atoms with Crippen LogP contribution in [0.1, 0.15) is 41.1 Å². The van der Waals surface area contributed by atoms with Gasteiger partial charge in [0.25, 0.3) is 5.91 Å². The van der Waals surface area contributed by atoms with Gasteiger partial charge in [-0.15, -0.1) is 11.8 Å². The van der Waals surface area contributed by atoms with Crippen molar-refractivity contribution in [1.82, 2.24) is 15.1 Å². The maximum Gasteiger partial charge on any atom is 0.256 e. The molecule has 154 valence electrons. The van der Waals surface area contributed by atoms with Crippen molar-refractivity contribution in [3.8, 4) is 0 Å². The lowest BCUT2D eigenvalue weighted by Crippen LogP contribution is -2.54. The molecule has 4 rings (SSSR count). The summed E-state index contributed by atoms with van der Waals surface area (Å²) in [7, 11) is 0.